The molecule has 1 rings (SSSR count). The Bertz CT molecular complexity index is 321. The van der Waals surface area contributed by atoms with Crippen LogP contribution in [0.3, 0.4) is 0 Å². The van der Waals surface area contributed by atoms with Crippen molar-refractivity contribution >= 4 is 0 Å². The minimum absolute atomic E-state index is 0.581. The monoisotopic (exact) mass is 221 g/mol. The molecule has 2 heteroatoms. The molecule has 0 saturated heterocycles. The van der Waals surface area contributed by atoms with Gasteiger partial charge in [0.1, 0.15) is 5.75 Å². The van der Waals surface area contributed by atoms with Gasteiger partial charge in [0.05, 0.1) is 7.11 Å². The maximum atomic E-state index is 5.19. The van der Waals surface area contributed by atoms with Gasteiger partial charge in [0, 0.05) is 6.04 Å². The van der Waals surface area contributed by atoms with Crippen LogP contribution >= 0.6 is 0 Å². The predicted molar refractivity (Wildman–Crippen MR) is 69.2 cm³/mol. The Kier molecular flexibility index (Phi) is 5.33. The molecule has 0 saturated carbocycles. The van der Waals surface area contributed by atoms with Crippen LogP contribution in [0.15, 0.2) is 18.2 Å². The molecule has 1 aromatic rings. The summed E-state index contributed by atoms with van der Waals surface area (Å²) in [5, 5.41) is 3.43. The van der Waals surface area contributed by atoms with Gasteiger partial charge in [0.25, 0.3) is 0 Å². The first-order valence-corrected chi connectivity index (χ1v) is 6.00. The van der Waals surface area contributed by atoms with E-state index in [1.807, 2.05) is 6.07 Å². The molecular weight excluding hydrogens is 198 g/mol. The van der Waals surface area contributed by atoms with Crippen LogP contribution in [0.25, 0.3) is 0 Å². The largest absolute Gasteiger partial charge is 0.497 e. The van der Waals surface area contributed by atoms with Gasteiger partial charge in [-0.2, -0.15) is 0 Å². The number of hydrogen-bond acceptors (Lipinski definition) is 2. The minimum Gasteiger partial charge on any atom is -0.497 e. The standard InChI is InChI=1S/C14H23NO/c1-11(2)15-9-5-6-13-7-8-14(16-4)10-12(13)3/h7-8,10-11,15H,5-6,9H2,1-4H3. The number of ether oxygens (including phenoxy) is 1. The third-order valence-corrected chi connectivity index (χ3v) is 2.73. The van der Waals surface area contributed by atoms with Crippen LogP contribution in [0.1, 0.15) is 31.4 Å². The fraction of sp³-hybridized carbons (Fsp3) is 0.571. The van der Waals surface area contributed by atoms with Gasteiger partial charge < -0.3 is 10.1 Å². The third kappa shape index (κ3) is 4.23. The Morgan fingerprint density at radius 3 is 2.62 bits per heavy atom. The predicted octanol–water partition coefficient (Wildman–Crippen LogP) is 2.93. The van der Waals surface area contributed by atoms with Gasteiger partial charge in [0.2, 0.25) is 0 Å². The first-order valence-electron chi connectivity index (χ1n) is 6.00. The molecule has 0 aromatic heterocycles. The number of methoxy groups -OCH3 is 1. The molecule has 0 heterocycles. The molecule has 0 bridgehead atoms. The van der Waals surface area contributed by atoms with Crippen molar-refractivity contribution in [3.05, 3.63) is 29.3 Å². The Labute approximate surface area is 99.0 Å². The zero-order valence-electron chi connectivity index (χ0n) is 10.8. The molecule has 0 amide bonds. The maximum absolute atomic E-state index is 5.19. The number of nitrogens with one attached hydrogen (secondary N) is 1. The summed E-state index contributed by atoms with van der Waals surface area (Å²) in [6.07, 6.45) is 2.32. The summed E-state index contributed by atoms with van der Waals surface area (Å²) in [6, 6.07) is 6.89. The summed E-state index contributed by atoms with van der Waals surface area (Å²) >= 11 is 0. The van der Waals surface area contributed by atoms with Gasteiger partial charge in [-0.25, -0.2) is 0 Å². The molecule has 16 heavy (non-hydrogen) atoms. The van der Waals surface area contributed by atoms with Crippen molar-refractivity contribution in [2.24, 2.45) is 0 Å². The Morgan fingerprint density at radius 1 is 1.31 bits per heavy atom. The zero-order chi connectivity index (χ0) is 12.0. The van der Waals surface area contributed by atoms with E-state index in [0.717, 1.165) is 18.7 Å². The van der Waals surface area contributed by atoms with Crippen LogP contribution < -0.4 is 10.1 Å². The van der Waals surface area contributed by atoms with E-state index in [1.165, 1.54) is 17.5 Å². The molecule has 0 radical (unpaired) electrons. The van der Waals surface area contributed by atoms with E-state index in [4.69, 9.17) is 4.74 Å². The van der Waals surface area contributed by atoms with E-state index in [0.29, 0.717) is 6.04 Å². The fourth-order valence-electron chi connectivity index (χ4n) is 1.75. The average Bonchev–Trinajstić information content (AvgIpc) is 2.25. The van der Waals surface area contributed by atoms with Crippen molar-refractivity contribution in [1.82, 2.24) is 5.32 Å². The van der Waals surface area contributed by atoms with Gasteiger partial charge in [0.15, 0.2) is 0 Å². The second-order valence-electron chi connectivity index (χ2n) is 4.50. The fourth-order valence-corrected chi connectivity index (χ4v) is 1.75. The number of hydrogen-bond donors (Lipinski definition) is 1. The van der Waals surface area contributed by atoms with Gasteiger partial charge in [-0.05, 0) is 49.6 Å². The summed E-state index contributed by atoms with van der Waals surface area (Å²) < 4.78 is 5.19. The molecular formula is C14H23NO. The molecule has 0 aliphatic carbocycles. The van der Waals surface area contributed by atoms with Crippen LogP contribution in [0.5, 0.6) is 5.75 Å². The van der Waals surface area contributed by atoms with Crippen LogP contribution in [0.2, 0.25) is 0 Å². The van der Waals surface area contributed by atoms with E-state index < -0.39 is 0 Å². The molecule has 0 fully saturated rings. The average molecular weight is 221 g/mol. The first-order chi connectivity index (χ1) is 7.63. The SMILES string of the molecule is COc1ccc(CCCNC(C)C)c(C)c1. The molecule has 90 valence electrons. The van der Waals surface area contributed by atoms with Crippen molar-refractivity contribution in [3.8, 4) is 5.75 Å². The maximum Gasteiger partial charge on any atom is 0.119 e. The Morgan fingerprint density at radius 2 is 2.06 bits per heavy atom. The number of benzene rings is 1. The smallest absolute Gasteiger partial charge is 0.119 e. The lowest BCUT2D eigenvalue weighted by Gasteiger charge is -2.10. The Hall–Kier alpha value is -1.02. The molecule has 0 spiro atoms. The van der Waals surface area contributed by atoms with Gasteiger partial charge >= 0.3 is 0 Å². The summed E-state index contributed by atoms with van der Waals surface area (Å²) in [5.74, 6) is 0.946. The molecule has 2 nitrogen and oxygen atoms in total. The molecule has 1 aromatic carbocycles. The summed E-state index contributed by atoms with van der Waals surface area (Å²) in [4.78, 5) is 0. The van der Waals surface area contributed by atoms with Crippen molar-refractivity contribution in [1.29, 1.82) is 0 Å². The highest BCUT2D eigenvalue weighted by Gasteiger charge is 2.00. The van der Waals surface area contributed by atoms with Crippen LogP contribution in [0, 0.1) is 6.92 Å². The minimum atomic E-state index is 0.581. The molecule has 0 aliphatic rings. The second-order valence-corrected chi connectivity index (χ2v) is 4.50. The quantitative estimate of drug-likeness (QED) is 0.746. The van der Waals surface area contributed by atoms with Crippen molar-refractivity contribution in [2.75, 3.05) is 13.7 Å². The van der Waals surface area contributed by atoms with Gasteiger partial charge in [-0.3, -0.25) is 0 Å². The van der Waals surface area contributed by atoms with Crippen LogP contribution in [0.4, 0.5) is 0 Å². The van der Waals surface area contributed by atoms with Crippen molar-refractivity contribution in [3.63, 3.8) is 0 Å². The zero-order valence-corrected chi connectivity index (χ0v) is 10.8. The van der Waals surface area contributed by atoms with E-state index in [9.17, 15) is 0 Å². The van der Waals surface area contributed by atoms with Crippen molar-refractivity contribution < 1.29 is 4.74 Å². The highest BCUT2D eigenvalue weighted by molar-refractivity contribution is 5.34. The third-order valence-electron chi connectivity index (χ3n) is 2.73. The molecule has 0 unspecified atom stereocenters. The highest BCUT2D eigenvalue weighted by Crippen LogP contribution is 2.17. The van der Waals surface area contributed by atoms with Crippen molar-refractivity contribution in [2.45, 2.75) is 39.7 Å². The van der Waals surface area contributed by atoms with E-state index in [-0.39, 0.29) is 0 Å². The van der Waals surface area contributed by atoms with E-state index in [1.54, 1.807) is 7.11 Å². The second kappa shape index (κ2) is 6.54. The van der Waals surface area contributed by atoms with Crippen LogP contribution in [-0.2, 0) is 6.42 Å². The topological polar surface area (TPSA) is 21.3 Å². The lowest BCUT2D eigenvalue weighted by molar-refractivity contribution is 0.414. The summed E-state index contributed by atoms with van der Waals surface area (Å²) in [7, 11) is 1.71. The lowest BCUT2D eigenvalue weighted by atomic mass is 10.0. The first kappa shape index (κ1) is 13.0. The van der Waals surface area contributed by atoms with Crippen LogP contribution in [-0.4, -0.2) is 19.7 Å². The van der Waals surface area contributed by atoms with E-state index in [2.05, 4.69) is 38.2 Å². The molecule has 1 N–H and O–H groups in total. The summed E-state index contributed by atoms with van der Waals surface area (Å²) in [5.41, 5.74) is 2.75. The van der Waals surface area contributed by atoms with E-state index >= 15 is 0 Å². The number of aryl methyl sites for hydroxylation is 2. The van der Waals surface area contributed by atoms with Gasteiger partial charge in [-0.1, -0.05) is 19.9 Å². The normalized spacial score (nSPS) is 10.8. The molecule has 0 atom stereocenters. The highest BCUT2D eigenvalue weighted by atomic mass is 16.5. The Balaban J connectivity index is 2.42. The number of rotatable bonds is 6. The molecule has 0 aliphatic heterocycles. The van der Waals surface area contributed by atoms with Gasteiger partial charge in [-0.15, -0.1) is 0 Å². The lowest BCUT2D eigenvalue weighted by Crippen LogP contribution is -2.23. The summed E-state index contributed by atoms with van der Waals surface area (Å²) in [6.45, 7) is 7.59.